The number of rotatable bonds is 11. The molecule has 0 aliphatic heterocycles. The van der Waals surface area contributed by atoms with E-state index in [1.807, 2.05) is 38.1 Å². The molecule has 0 saturated heterocycles. The second-order valence-electron chi connectivity index (χ2n) is 11.9. The summed E-state index contributed by atoms with van der Waals surface area (Å²) >= 11 is 0. The highest BCUT2D eigenvalue weighted by Crippen LogP contribution is 2.30. The van der Waals surface area contributed by atoms with E-state index in [9.17, 15) is 26.4 Å². The molecule has 6 aromatic rings. The zero-order valence-corrected chi connectivity index (χ0v) is 29.8. The first-order valence-corrected chi connectivity index (χ1v) is 19.1. The molecule has 10 nitrogen and oxygen atoms in total. The topological polar surface area (TPSA) is 151 Å². The monoisotopic (exact) mass is 730 g/mol. The molecule has 0 aromatic heterocycles. The fourth-order valence-corrected chi connectivity index (χ4v) is 7.69. The lowest BCUT2D eigenvalue weighted by atomic mass is 9.99. The molecular formula is C40H34N4O6S2. The molecule has 6 rings (SSSR count). The number of para-hydroxylation sites is 2. The minimum absolute atomic E-state index is 0.0806. The lowest BCUT2D eigenvalue weighted by molar-refractivity contribution is 0.101. The van der Waals surface area contributed by atoms with Gasteiger partial charge in [0.2, 0.25) is 0 Å². The molecule has 0 bridgehead atoms. The van der Waals surface area contributed by atoms with Gasteiger partial charge in [-0.3, -0.25) is 19.0 Å². The molecule has 0 heterocycles. The third-order valence-electron chi connectivity index (χ3n) is 8.22. The summed E-state index contributed by atoms with van der Waals surface area (Å²) in [6.07, 6.45) is 0. The van der Waals surface area contributed by atoms with E-state index >= 15 is 0 Å². The predicted molar refractivity (Wildman–Crippen MR) is 205 cm³/mol. The van der Waals surface area contributed by atoms with Gasteiger partial charge in [0.25, 0.3) is 31.9 Å². The van der Waals surface area contributed by atoms with Crippen LogP contribution in [-0.2, 0) is 20.0 Å². The number of anilines is 4. The number of benzene rings is 6. The highest BCUT2D eigenvalue weighted by atomic mass is 32.2. The fraction of sp³-hybridized carbons (Fsp3) is 0.0500. The van der Waals surface area contributed by atoms with E-state index in [1.54, 1.807) is 84.9 Å². The Labute approximate surface area is 302 Å². The Kier molecular flexibility index (Phi) is 10.2. The molecule has 12 heteroatoms. The molecule has 2 amide bonds. The van der Waals surface area contributed by atoms with Crippen molar-refractivity contribution in [3.05, 3.63) is 168 Å². The highest BCUT2D eigenvalue weighted by Gasteiger charge is 2.21. The largest absolute Gasteiger partial charge is 0.322 e. The number of sulfonamides is 2. The first-order valence-electron chi connectivity index (χ1n) is 16.1. The standard InChI is InChI=1S/C40H34N4O6S2/c1-27-25-29(21-23-35(27)41-39(45)33-17-9-11-19-37(33)43-51(47,48)31-13-5-3-6-14-31)30-22-24-36(28(2)26-30)42-40(46)34-18-10-12-20-38(34)44-52(49,50)32-15-7-4-8-16-32/h3-26,43-44H,1-2H3,(H,41,45)(H,42,46). The third kappa shape index (κ3) is 8.04. The number of amides is 2. The minimum atomic E-state index is -3.91. The van der Waals surface area contributed by atoms with Crippen molar-refractivity contribution in [2.24, 2.45) is 0 Å². The van der Waals surface area contributed by atoms with Crippen molar-refractivity contribution in [2.75, 3.05) is 20.1 Å². The average molecular weight is 731 g/mol. The summed E-state index contributed by atoms with van der Waals surface area (Å²) in [5.41, 5.74) is 5.02. The molecule has 0 aliphatic rings. The van der Waals surface area contributed by atoms with Gasteiger partial charge in [-0.15, -0.1) is 0 Å². The van der Waals surface area contributed by atoms with E-state index < -0.39 is 31.9 Å². The molecule has 0 fully saturated rings. The summed E-state index contributed by atoms with van der Waals surface area (Å²) in [7, 11) is -7.82. The molecular weight excluding hydrogens is 697 g/mol. The molecule has 52 heavy (non-hydrogen) atoms. The second-order valence-corrected chi connectivity index (χ2v) is 15.3. The summed E-state index contributed by atoms with van der Waals surface area (Å²) in [5, 5.41) is 5.79. The first kappa shape index (κ1) is 35.6. The summed E-state index contributed by atoms with van der Waals surface area (Å²) in [5.74, 6) is -0.958. The van der Waals surface area contributed by atoms with Gasteiger partial charge in [0.05, 0.1) is 32.3 Å². The van der Waals surface area contributed by atoms with E-state index in [2.05, 4.69) is 20.1 Å². The number of hydrogen-bond acceptors (Lipinski definition) is 6. The van der Waals surface area contributed by atoms with Crippen LogP contribution in [0.25, 0.3) is 11.1 Å². The lowest BCUT2D eigenvalue weighted by Gasteiger charge is -2.15. The van der Waals surface area contributed by atoms with E-state index in [-0.39, 0.29) is 32.3 Å². The van der Waals surface area contributed by atoms with Crippen LogP contribution < -0.4 is 20.1 Å². The maximum absolute atomic E-state index is 13.4. The SMILES string of the molecule is Cc1cc(-c2ccc(NC(=O)c3ccccc3NS(=O)(=O)c3ccccc3)c(C)c2)ccc1NC(=O)c1ccccc1NS(=O)(=O)c1ccccc1. The summed E-state index contributed by atoms with van der Waals surface area (Å²) < 4.78 is 56.8. The van der Waals surface area contributed by atoms with Crippen molar-refractivity contribution in [1.29, 1.82) is 0 Å². The molecule has 262 valence electrons. The number of carbonyl (C=O) groups excluding carboxylic acids is 2. The van der Waals surface area contributed by atoms with E-state index in [0.29, 0.717) is 11.4 Å². The molecule has 6 aromatic carbocycles. The van der Waals surface area contributed by atoms with Crippen LogP contribution >= 0.6 is 0 Å². The van der Waals surface area contributed by atoms with Crippen LogP contribution in [0.3, 0.4) is 0 Å². The normalized spacial score (nSPS) is 11.3. The van der Waals surface area contributed by atoms with Gasteiger partial charge in [0.15, 0.2) is 0 Å². The minimum Gasteiger partial charge on any atom is -0.322 e. The Morgan fingerprint density at radius 2 is 0.769 bits per heavy atom. The smallest absolute Gasteiger partial charge is 0.261 e. The number of carbonyl (C=O) groups is 2. The van der Waals surface area contributed by atoms with Crippen molar-refractivity contribution >= 4 is 54.6 Å². The van der Waals surface area contributed by atoms with Gasteiger partial charge in [-0.2, -0.15) is 0 Å². The van der Waals surface area contributed by atoms with Crippen LogP contribution in [0.2, 0.25) is 0 Å². The molecule has 4 N–H and O–H groups in total. The fourth-order valence-electron chi connectivity index (χ4n) is 5.49. The van der Waals surface area contributed by atoms with Crippen LogP contribution in [0.4, 0.5) is 22.7 Å². The van der Waals surface area contributed by atoms with Crippen LogP contribution in [0.15, 0.2) is 155 Å². The van der Waals surface area contributed by atoms with Crippen molar-refractivity contribution in [3.63, 3.8) is 0 Å². The lowest BCUT2D eigenvalue weighted by Crippen LogP contribution is -2.19. The summed E-state index contributed by atoms with van der Waals surface area (Å²) in [4.78, 5) is 26.9. The number of hydrogen-bond donors (Lipinski definition) is 4. The third-order valence-corrected chi connectivity index (χ3v) is 11.0. The molecule has 0 saturated carbocycles. The molecule has 0 unspecified atom stereocenters. The molecule has 0 aliphatic carbocycles. The Balaban J connectivity index is 1.15. The Morgan fingerprint density at radius 3 is 1.13 bits per heavy atom. The predicted octanol–water partition coefficient (Wildman–Crippen LogP) is 8.08. The van der Waals surface area contributed by atoms with E-state index in [1.165, 1.54) is 36.4 Å². The van der Waals surface area contributed by atoms with Crippen molar-refractivity contribution in [1.82, 2.24) is 0 Å². The Hall–Kier alpha value is -6.24. The van der Waals surface area contributed by atoms with Gasteiger partial charge in [-0.1, -0.05) is 72.8 Å². The molecule has 0 atom stereocenters. The van der Waals surface area contributed by atoms with Gasteiger partial charge in [-0.05, 0) is 109 Å². The van der Waals surface area contributed by atoms with Crippen LogP contribution in [-0.4, -0.2) is 28.6 Å². The zero-order valence-electron chi connectivity index (χ0n) is 28.1. The maximum Gasteiger partial charge on any atom is 0.261 e. The van der Waals surface area contributed by atoms with Gasteiger partial charge in [0.1, 0.15) is 0 Å². The van der Waals surface area contributed by atoms with Crippen molar-refractivity contribution in [2.45, 2.75) is 23.6 Å². The second kappa shape index (κ2) is 14.9. The Morgan fingerprint density at radius 1 is 0.423 bits per heavy atom. The van der Waals surface area contributed by atoms with Crippen LogP contribution in [0.1, 0.15) is 31.8 Å². The van der Waals surface area contributed by atoms with E-state index in [4.69, 9.17) is 0 Å². The molecule has 0 spiro atoms. The van der Waals surface area contributed by atoms with Crippen LogP contribution in [0.5, 0.6) is 0 Å². The first-order chi connectivity index (χ1) is 24.9. The zero-order chi connectivity index (χ0) is 36.9. The van der Waals surface area contributed by atoms with Gasteiger partial charge in [0, 0.05) is 11.4 Å². The van der Waals surface area contributed by atoms with Crippen LogP contribution in [0, 0.1) is 13.8 Å². The van der Waals surface area contributed by atoms with Crippen molar-refractivity contribution < 1.29 is 26.4 Å². The number of aryl methyl sites for hydroxylation is 2. The van der Waals surface area contributed by atoms with E-state index in [0.717, 1.165) is 22.3 Å². The van der Waals surface area contributed by atoms with Crippen molar-refractivity contribution in [3.8, 4) is 11.1 Å². The average Bonchev–Trinajstić information content (AvgIpc) is 3.14. The summed E-state index contributed by atoms with van der Waals surface area (Å²) in [6, 6.07) is 39.7. The van der Waals surface area contributed by atoms with Gasteiger partial charge < -0.3 is 10.6 Å². The number of nitrogens with one attached hydrogen (secondary N) is 4. The van der Waals surface area contributed by atoms with Gasteiger partial charge in [-0.25, -0.2) is 16.8 Å². The quantitative estimate of drug-likeness (QED) is 0.106. The molecule has 0 radical (unpaired) electrons. The summed E-state index contributed by atoms with van der Waals surface area (Å²) in [6.45, 7) is 3.71. The Bertz CT molecular complexity index is 2330. The highest BCUT2D eigenvalue weighted by molar-refractivity contribution is 7.93. The van der Waals surface area contributed by atoms with Gasteiger partial charge >= 0.3 is 0 Å². The maximum atomic E-state index is 13.4.